The lowest BCUT2D eigenvalue weighted by Gasteiger charge is -2.34. The number of pyridine rings is 3. The van der Waals surface area contributed by atoms with Gasteiger partial charge in [0.1, 0.15) is 16.7 Å². The first-order valence-electron chi connectivity index (χ1n) is 13.1. The number of nitrogens with one attached hydrogen (secondary N) is 2. The first kappa shape index (κ1) is 26.9. The van der Waals surface area contributed by atoms with Gasteiger partial charge in [-0.25, -0.2) is 9.97 Å². The summed E-state index contributed by atoms with van der Waals surface area (Å²) in [6, 6.07) is 13.8. The Kier molecular flexibility index (Phi) is 7.44. The van der Waals surface area contributed by atoms with Crippen LogP contribution in [0.2, 0.25) is 0 Å². The van der Waals surface area contributed by atoms with Gasteiger partial charge in [-0.05, 0) is 91.4 Å². The van der Waals surface area contributed by atoms with Crippen LogP contribution in [0.4, 0.5) is 11.6 Å². The van der Waals surface area contributed by atoms with E-state index < -0.39 is 0 Å². The van der Waals surface area contributed by atoms with Gasteiger partial charge in [-0.3, -0.25) is 14.5 Å². The van der Waals surface area contributed by atoms with Crippen molar-refractivity contribution in [3.63, 3.8) is 0 Å². The van der Waals surface area contributed by atoms with Crippen molar-refractivity contribution < 1.29 is 4.79 Å². The fraction of sp³-hybridized carbons (Fsp3) is 0.448. The van der Waals surface area contributed by atoms with Crippen LogP contribution in [0.5, 0.6) is 0 Å². The molecule has 0 spiro atoms. The lowest BCUT2D eigenvalue weighted by Crippen LogP contribution is -2.40. The summed E-state index contributed by atoms with van der Waals surface area (Å²) in [6.07, 6.45) is 4.81. The minimum absolute atomic E-state index is 0.0191. The van der Waals surface area contributed by atoms with Gasteiger partial charge in [0.15, 0.2) is 0 Å². The number of amides is 1. The Morgan fingerprint density at radius 3 is 2.63 bits per heavy atom. The smallest absolute Gasteiger partial charge is 0.265 e. The van der Waals surface area contributed by atoms with Gasteiger partial charge in [-0.2, -0.15) is 0 Å². The third kappa shape index (κ3) is 5.83. The molecule has 1 fully saturated rings. The number of halogens is 1. The number of anilines is 2. The second kappa shape index (κ2) is 10.5. The minimum atomic E-state index is -0.163. The van der Waals surface area contributed by atoms with Crippen LogP contribution < -0.4 is 14.9 Å². The van der Waals surface area contributed by atoms with Crippen LogP contribution >= 0.6 is 27.9 Å². The van der Waals surface area contributed by atoms with E-state index in [0.717, 1.165) is 53.3 Å². The Morgan fingerprint density at radius 1 is 1.08 bits per heavy atom. The molecule has 38 heavy (non-hydrogen) atoms. The first-order chi connectivity index (χ1) is 18.0. The third-order valence-electron chi connectivity index (χ3n) is 7.37. The summed E-state index contributed by atoms with van der Waals surface area (Å²) in [5.74, 6) is 1.83. The highest BCUT2D eigenvalue weighted by molar-refractivity contribution is 9.10. The fourth-order valence-electron chi connectivity index (χ4n) is 5.38. The van der Waals surface area contributed by atoms with E-state index in [1.807, 2.05) is 42.6 Å². The van der Waals surface area contributed by atoms with Crippen molar-refractivity contribution in [1.29, 1.82) is 0 Å². The van der Waals surface area contributed by atoms with Crippen LogP contribution in [0.25, 0.3) is 0 Å². The van der Waals surface area contributed by atoms with Crippen molar-refractivity contribution in [3.8, 4) is 0 Å². The van der Waals surface area contributed by atoms with Crippen molar-refractivity contribution in [2.24, 2.45) is 5.92 Å². The molecule has 2 aliphatic rings. The van der Waals surface area contributed by atoms with E-state index in [2.05, 4.69) is 71.6 Å². The fourth-order valence-corrected chi connectivity index (χ4v) is 6.21. The lowest BCUT2D eigenvalue weighted by atomic mass is 9.90. The molecule has 9 heteroatoms. The van der Waals surface area contributed by atoms with Gasteiger partial charge < -0.3 is 10.2 Å². The highest BCUT2D eigenvalue weighted by Gasteiger charge is 2.41. The molecule has 2 N–H and O–H groups in total. The van der Waals surface area contributed by atoms with E-state index in [9.17, 15) is 4.79 Å². The van der Waals surface area contributed by atoms with Gasteiger partial charge in [0.05, 0.1) is 17.3 Å². The number of carbonyl (C=O) groups is 1. The summed E-state index contributed by atoms with van der Waals surface area (Å²) in [7, 11) is 0. The monoisotopic (exact) mass is 594 g/mol. The number of aromatic nitrogens is 3. The van der Waals surface area contributed by atoms with Crippen LogP contribution in [0.15, 0.2) is 58.2 Å². The van der Waals surface area contributed by atoms with Gasteiger partial charge in [-0.15, -0.1) is 0 Å². The summed E-state index contributed by atoms with van der Waals surface area (Å²) < 4.78 is 3.97. The maximum absolute atomic E-state index is 13.5. The van der Waals surface area contributed by atoms with Gasteiger partial charge in [0.25, 0.3) is 5.91 Å². The van der Waals surface area contributed by atoms with Crippen molar-refractivity contribution in [2.45, 2.75) is 75.9 Å². The Hall–Kier alpha value is -2.65. The topological polar surface area (TPSA) is 83.0 Å². The van der Waals surface area contributed by atoms with Gasteiger partial charge in [0.2, 0.25) is 0 Å². The number of fused-ring (bicyclic) bond motifs is 6. The molecule has 200 valence electrons. The Morgan fingerprint density at radius 2 is 1.89 bits per heavy atom. The highest BCUT2D eigenvalue weighted by atomic mass is 79.9. The van der Waals surface area contributed by atoms with E-state index in [1.165, 1.54) is 11.9 Å². The summed E-state index contributed by atoms with van der Waals surface area (Å²) >= 11 is 4.73. The second-order valence-electron chi connectivity index (χ2n) is 11.9. The average molecular weight is 596 g/mol. The molecule has 3 aromatic rings. The third-order valence-corrected chi connectivity index (χ3v) is 8.56. The number of hydrogen-bond acceptors (Lipinski definition) is 7. The first-order valence-corrected chi connectivity index (χ1v) is 14.7. The molecule has 2 atom stereocenters. The number of carbonyl (C=O) groups excluding carboxylic acids is 1. The molecular weight excluding hydrogens is 560 g/mol. The molecule has 3 aromatic heterocycles. The van der Waals surface area contributed by atoms with Crippen LogP contribution in [0.3, 0.4) is 0 Å². The Balaban J connectivity index is 1.55. The van der Waals surface area contributed by atoms with Crippen molar-refractivity contribution in [2.75, 3.05) is 16.8 Å². The maximum atomic E-state index is 13.5. The van der Waals surface area contributed by atoms with Crippen LogP contribution in [-0.2, 0) is 5.41 Å². The van der Waals surface area contributed by atoms with E-state index >= 15 is 0 Å². The summed E-state index contributed by atoms with van der Waals surface area (Å²) in [5.41, 5.74) is 2.32. The SMILES string of the molecule is CC(C)(C)c1ccc2c(n1)N1CC(CCC(c3ccc(Br)cn3)Nc3cccc(n3)SNC2=O)CC1(C)C. The quantitative estimate of drug-likeness (QED) is 0.296. The molecule has 0 saturated carbocycles. The van der Waals surface area contributed by atoms with Crippen LogP contribution in [0, 0.1) is 5.92 Å². The van der Waals surface area contributed by atoms with E-state index in [4.69, 9.17) is 15.0 Å². The standard InChI is InChI=1S/C29H35BrN6OS/c1-28(2,3)23-14-11-20-26(33-23)36-17-18(15-29(36,4)5)9-12-22(21-13-10-19(30)16-31-21)32-24-7-6-8-25(34-24)38-35-27(20)37/h6-8,10-11,13-14,16,18,22H,9,12,15,17H2,1-5H3,(H,32,34)(H,35,37). The summed E-state index contributed by atoms with van der Waals surface area (Å²) in [6.45, 7) is 11.9. The van der Waals surface area contributed by atoms with Crippen molar-refractivity contribution in [3.05, 3.63) is 70.1 Å². The van der Waals surface area contributed by atoms with Crippen LogP contribution in [-0.4, -0.2) is 32.9 Å². The number of rotatable bonds is 1. The van der Waals surface area contributed by atoms with E-state index in [0.29, 0.717) is 16.5 Å². The summed E-state index contributed by atoms with van der Waals surface area (Å²) in [5, 5.41) is 4.33. The molecule has 2 unspecified atom stereocenters. The number of nitrogens with zero attached hydrogens (tertiary/aromatic N) is 4. The molecule has 5 heterocycles. The molecule has 4 bridgehead atoms. The highest BCUT2D eigenvalue weighted by Crippen LogP contribution is 2.41. The minimum Gasteiger partial charge on any atom is -0.362 e. The molecule has 1 amide bonds. The van der Waals surface area contributed by atoms with Crippen LogP contribution in [0.1, 0.15) is 81.7 Å². The zero-order chi connectivity index (χ0) is 27.1. The van der Waals surface area contributed by atoms with Crippen molar-refractivity contribution >= 4 is 45.4 Å². The normalized spacial score (nSPS) is 21.5. The molecule has 7 nitrogen and oxygen atoms in total. The van der Waals surface area contributed by atoms with E-state index in [-0.39, 0.29) is 22.9 Å². The van der Waals surface area contributed by atoms with Gasteiger partial charge in [-0.1, -0.05) is 26.8 Å². The lowest BCUT2D eigenvalue weighted by molar-refractivity contribution is 0.0984. The Bertz CT molecular complexity index is 1320. The second-order valence-corrected chi connectivity index (χ2v) is 13.6. The van der Waals surface area contributed by atoms with E-state index in [1.54, 1.807) is 0 Å². The molecule has 0 aliphatic carbocycles. The maximum Gasteiger partial charge on any atom is 0.265 e. The van der Waals surface area contributed by atoms with Gasteiger partial charge >= 0.3 is 0 Å². The van der Waals surface area contributed by atoms with Gasteiger partial charge in [0, 0.05) is 45.8 Å². The zero-order valence-corrected chi connectivity index (χ0v) is 25.0. The summed E-state index contributed by atoms with van der Waals surface area (Å²) in [4.78, 5) is 30.4. The van der Waals surface area contributed by atoms with Crippen molar-refractivity contribution in [1.82, 2.24) is 19.7 Å². The Labute approximate surface area is 237 Å². The number of hydrogen-bond donors (Lipinski definition) is 2. The molecule has 0 aromatic carbocycles. The largest absolute Gasteiger partial charge is 0.362 e. The molecule has 0 radical (unpaired) electrons. The predicted molar refractivity (Wildman–Crippen MR) is 158 cm³/mol. The average Bonchev–Trinajstić information content (AvgIpc) is 3.18. The molecular formula is C29H35BrN6OS. The zero-order valence-electron chi connectivity index (χ0n) is 22.6. The molecule has 1 saturated heterocycles. The molecule has 5 rings (SSSR count). The molecule has 2 aliphatic heterocycles. The predicted octanol–water partition coefficient (Wildman–Crippen LogP) is 6.92.